The third-order valence-corrected chi connectivity index (χ3v) is 3.73. The van der Waals surface area contributed by atoms with Gasteiger partial charge in [0.05, 0.1) is 6.54 Å². The van der Waals surface area contributed by atoms with Gasteiger partial charge in [-0.2, -0.15) is 0 Å². The van der Waals surface area contributed by atoms with Crippen LogP contribution in [0.3, 0.4) is 0 Å². The van der Waals surface area contributed by atoms with Crippen LogP contribution in [-0.4, -0.2) is 37.1 Å². The van der Waals surface area contributed by atoms with Gasteiger partial charge >= 0.3 is 0 Å². The molecule has 1 heterocycles. The molecule has 0 aliphatic carbocycles. The Kier molecular flexibility index (Phi) is 6.11. The lowest BCUT2D eigenvalue weighted by atomic mass is 9.98. The van der Waals surface area contributed by atoms with Gasteiger partial charge in [-0.1, -0.05) is 43.9 Å². The van der Waals surface area contributed by atoms with Crippen LogP contribution in [0.2, 0.25) is 0 Å². The topological polar surface area (TPSA) is 15.3 Å². The standard InChI is InChI=1S/C18H26N2/c1-16(2)19-14-18-11-7-13-20(15-18)12-6-10-17-8-4-3-5-9-17/h3-5,8-9,16,18-19H,7,11-15H2,1-2H3. The van der Waals surface area contributed by atoms with E-state index in [1.54, 1.807) is 0 Å². The number of likely N-dealkylation sites (tertiary alicyclic amines) is 1. The number of hydrogen-bond acceptors (Lipinski definition) is 2. The second-order valence-corrected chi connectivity index (χ2v) is 5.97. The molecule has 2 heteroatoms. The number of nitrogens with zero attached hydrogens (tertiary/aromatic N) is 1. The average molecular weight is 270 g/mol. The lowest BCUT2D eigenvalue weighted by molar-refractivity contribution is 0.189. The van der Waals surface area contributed by atoms with Crippen LogP contribution in [0.5, 0.6) is 0 Å². The van der Waals surface area contributed by atoms with Gasteiger partial charge < -0.3 is 5.32 Å². The molecule has 0 radical (unpaired) electrons. The van der Waals surface area contributed by atoms with E-state index in [0.29, 0.717) is 6.04 Å². The van der Waals surface area contributed by atoms with Gasteiger partial charge in [-0.3, -0.25) is 4.90 Å². The van der Waals surface area contributed by atoms with Gasteiger partial charge in [-0.25, -0.2) is 0 Å². The second kappa shape index (κ2) is 8.09. The predicted molar refractivity (Wildman–Crippen MR) is 85.6 cm³/mol. The van der Waals surface area contributed by atoms with Gasteiger partial charge in [0.25, 0.3) is 0 Å². The molecule has 1 aromatic rings. The molecular formula is C18H26N2. The normalized spacial score (nSPS) is 19.6. The molecule has 0 spiro atoms. The Morgan fingerprint density at radius 2 is 2.10 bits per heavy atom. The van der Waals surface area contributed by atoms with E-state index in [-0.39, 0.29) is 0 Å². The maximum Gasteiger partial charge on any atom is 0.0605 e. The first-order valence-corrected chi connectivity index (χ1v) is 7.73. The molecule has 108 valence electrons. The Labute approximate surface area is 123 Å². The minimum atomic E-state index is 0.586. The van der Waals surface area contributed by atoms with Crippen LogP contribution >= 0.6 is 0 Å². The summed E-state index contributed by atoms with van der Waals surface area (Å²) >= 11 is 0. The minimum absolute atomic E-state index is 0.586. The van der Waals surface area contributed by atoms with Gasteiger partial charge in [0, 0.05) is 18.2 Å². The van der Waals surface area contributed by atoms with E-state index >= 15 is 0 Å². The Morgan fingerprint density at radius 1 is 1.30 bits per heavy atom. The van der Waals surface area contributed by atoms with Gasteiger partial charge in [-0.15, -0.1) is 0 Å². The van der Waals surface area contributed by atoms with Crippen molar-refractivity contribution in [2.24, 2.45) is 5.92 Å². The lowest BCUT2D eigenvalue weighted by Crippen LogP contribution is -2.41. The van der Waals surface area contributed by atoms with Crippen LogP contribution < -0.4 is 5.32 Å². The molecule has 1 saturated heterocycles. The van der Waals surface area contributed by atoms with E-state index in [1.165, 1.54) is 25.9 Å². The maximum atomic E-state index is 3.55. The summed E-state index contributed by atoms with van der Waals surface area (Å²) in [5.74, 6) is 7.34. The van der Waals surface area contributed by atoms with Crippen molar-refractivity contribution >= 4 is 0 Å². The highest BCUT2D eigenvalue weighted by Crippen LogP contribution is 2.15. The van der Waals surface area contributed by atoms with Crippen LogP contribution in [0.1, 0.15) is 32.3 Å². The summed E-state index contributed by atoms with van der Waals surface area (Å²) in [5.41, 5.74) is 1.11. The first-order valence-electron chi connectivity index (χ1n) is 7.73. The SMILES string of the molecule is CC(C)NCC1CCCN(CC#Cc2ccccc2)C1. The molecule has 1 N–H and O–H groups in total. The number of benzene rings is 1. The molecule has 1 atom stereocenters. The number of piperidine rings is 1. The van der Waals surface area contributed by atoms with E-state index in [9.17, 15) is 0 Å². The predicted octanol–water partition coefficient (Wildman–Crippen LogP) is 2.75. The first kappa shape index (κ1) is 15.1. The molecule has 2 nitrogen and oxygen atoms in total. The quantitative estimate of drug-likeness (QED) is 0.846. The van der Waals surface area contributed by atoms with Crippen molar-refractivity contribution in [1.82, 2.24) is 10.2 Å². The zero-order valence-electron chi connectivity index (χ0n) is 12.7. The Hall–Kier alpha value is -1.30. The molecule has 1 aromatic carbocycles. The summed E-state index contributed by atoms with van der Waals surface area (Å²) in [6, 6.07) is 10.8. The molecule has 0 amide bonds. The molecule has 1 aliphatic heterocycles. The van der Waals surface area contributed by atoms with Crippen molar-refractivity contribution < 1.29 is 0 Å². The van der Waals surface area contributed by atoms with Crippen molar-refractivity contribution in [3.63, 3.8) is 0 Å². The number of hydrogen-bond donors (Lipinski definition) is 1. The highest BCUT2D eigenvalue weighted by molar-refractivity contribution is 5.33. The third-order valence-electron chi connectivity index (χ3n) is 3.73. The lowest BCUT2D eigenvalue weighted by Gasteiger charge is -2.32. The van der Waals surface area contributed by atoms with E-state index in [0.717, 1.165) is 24.6 Å². The van der Waals surface area contributed by atoms with E-state index < -0.39 is 0 Å². The summed E-state index contributed by atoms with van der Waals surface area (Å²) in [7, 11) is 0. The van der Waals surface area contributed by atoms with Gasteiger partial charge in [0.2, 0.25) is 0 Å². The molecular weight excluding hydrogens is 244 g/mol. The van der Waals surface area contributed by atoms with Crippen molar-refractivity contribution in [1.29, 1.82) is 0 Å². The summed E-state index contributed by atoms with van der Waals surface area (Å²) < 4.78 is 0. The molecule has 1 fully saturated rings. The summed E-state index contributed by atoms with van der Waals surface area (Å²) in [4.78, 5) is 2.49. The smallest absolute Gasteiger partial charge is 0.0605 e. The Balaban J connectivity index is 1.77. The van der Waals surface area contributed by atoms with Crippen molar-refractivity contribution in [2.45, 2.75) is 32.7 Å². The maximum absolute atomic E-state index is 3.55. The largest absolute Gasteiger partial charge is 0.314 e. The highest BCUT2D eigenvalue weighted by Gasteiger charge is 2.18. The Bertz CT molecular complexity index is 441. The average Bonchev–Trinajstić information content (AvgIpc) is 2.47. The zero-order valence-corrected chi connectivity index (χ0v) is 12.7. The fourth-order valence-electron chi connectivity index (χ4n) is 2.64. The summed E-state index contributed by atoms with van der Waals surface area (Å²) in [6.45, 7) is 8.84. The van der Waals surface area contributed by atoms with Crippen LogP contribution in [0, 0.1) is 17.8 Å². The summed E-state index contributed by atoms with van der Waals surface area (Å²) in [5, 5.41) is 3.55. The number of nitrogens with one attached hydrogen (secondary N) is 1. The zero-order chi connectivity index (χ0) is 14.2. The molecule has 20 heavy (non-hydrogen) atoms. The third kappa shape index (κ3) is 5.36. The van der Waals surface area contributed by atoms with E-state index in [1.807, 2.05) is 18.2 Å². The van der Waals surface area contributed by atoms with Crippen molar-refractivity contribution in [3.05, 3.63) is 35.9 Å². The first-order chi connectivity index (χ1) is 9.74. The van der Waals surface area contributed by atoms with Crippen LogP contribution in [0.4, 0.5) is 0 Å². The number of rotatable bonds is 4. The fraction of sp³-hybridized carbons (Fsp3) is 0.556. The van der Waals surface area contributed by atoms with Crippen LogP contribution in [0.25, 0.3) is 0 Å². The highest BCUT2D eigenvalue weighted by atomic mass is 15.1. The van der Waals surface area contributed by atoms with Crippen molar-refractivity contribution in [3.8, 4) is 11.8 Å². The summed E-state index contributed by atoms with van der Waals surface area (Å²) in [6.07, 6.45) is 2.65. The van der Waals surface area contributed by atoms with Gasteiger partial charge in [0.15, 0.2) is 0 Å². The second-order valence-electron chi connectivity index (χ2n) is 5.97. The fourth-order valence-corrected chi connectivity index (χ4v) is 2.64. The molecule has 0 aromatic heterocycles. The molecule has 2 rings (SSSR count). The molecule has 1 unspecified atom stereocenters. The van der Waals surface area contributed by atoms with E-state index in [2.05, 4.69) is 48.0 Å². The molecule has 0 bridgehead atoms. The monoisotopic (exact) mass is 270 g/mol. The minimum Gasteiger partial charge on any atom is -0.314 e. The van der Waals surface area contributed by atoms with Crippen molar-refractivity contribution in [2.75, 3.05) is 26.2 Å². The molecule has 0 saturated carbocycles. The Morgan fingerprint density at radius 3 is 2.85 bits per heavy atom. The van der Waals surface area contributed by atoms with Crippen LogP contribution in [0.15, 0.2) is 30.3 Å². The molecule has 1 aliphatic rings. The van der Waals surface area contributed by atoms with Gasteiger partial charge in [0.1, 0.15) is 0 Å². The van der Waals surface area contributed by atoms with E-state index in [4.69, 9.17) is 0 Å². The van der Waals surface area contributed by atoms with Gasteiger partial charge in [-0.05, 0) is 44.0 Å². The van der Waals surface area contributed by atoms with Crippen LogP contribution in [-0.2, 0) is 0 Å².